The third kappa shape index (κ3) is 4.41. The van der Waals surface area contributed by atoms with Gasteiger partial charge in [0.1, 0.15) is 5.75 Å². The van der Waals surface area contributed by atoms with Gasteiger partial charge in [-0.05, 0) is 43.7 Å². The molecule has 1 amide bonds. The third-order valence-electron chi connectivity index (χ3n) is 4.92. The Bertz CT molecular complexity index is 749. The molecule has 0 saturated carbocycles. The molecule has 6 nitrogen and oxygen atoms in total. The number of nitrogens with zero attached hydrogens (tertiary/aromatic N) is 2. The Kier molecular flexibility index (Phi) is 6.24. The summed E-state index contributed by atoms with van der Waals surface area (Å²) in [6, 6.07) is 1.83. The number of aromatic nitrogens is 1. The van der Waals surface area contributed by atoms with Gasteiger partial charge in [0.15, 0.2) is 0 Å². The molecule has 0 bridgehead atoms. The number of amides is 1. The monoisotopic (exact) mass is 375 g/mol. The summed E-state index contributed by atoms with van der Waals surface area (Å²) in [7, 11) is 0. The summed E-state index contributed by atoms with van der Waals surface area (Å²) in [6.45, 7) is 4.67. The maximum atomic E-state index is 12.1. The van der Waals surface area contributed by atoms with Gasteiger partial charge in [-0.2, -0.15) is 11.3 Å². The average Bonchev–Trinajstić information content (AvgIpc) is 3.19. The molecular weight excluding hydrogens is 350 g/mol. The van der Waals surface area contributed by atoms with E-state index in [4.69, 9.17) is 0 Å². The molecule has 1 saturated heterocycles. The lowest BCUT2D eigenvalue weighted by molar-refractivity contribution is 0.0930. The minimum absolute atomic E-state index is 0.0201. The fraction of sp³-hybridized carbons (Fsp3) is 0.474. The van der Waals surface area contributed by atoms with Crippen molar-refractivity contribution in [2.45, 2.75) is 32.9 Å². The van der Waals surface area contributed by atoms with Crippen LogP contribution in [-0.4, -0.2) is 45.6 Å². The van der Waals surface area contributed by atoms with Crippen molar-refractivity contribution in [1.82, 2.24) is 15.2 Å². The zero-order valence-electron chi connectivity index (χ0n) is 14.9. The lowest BCUT2D eigenvalue weighted by atomic mass is 9.96. The predicted molar refractivity (Wildman–Crippen MR) is 101 cm³/mol. The number of hydrogen-bond acceptors (Lipinski definition) is 6. The number of aryl methyl sites for hydroxylation is 1. The number of hydrogen-bond donors (Lipinski definition) is 3. The molecule has 7 heteroatoms. The Morgan fingerprint density at radius 2 is 2.35 bits per heavy atom. The molecular formula is C19H25N3O3S. The minimum Gasteiger partial charge on any atom is -0.506 e. The molecule has 140 valence electrons. The number of likely N-dealkylation sites (tertiary alicyclic amines) is 1. The summed E-state index contributed by atoms with van der Waals surface area (Å²) in [5, 5.41) is 26.6. The van der Waals surface area contributed by atoms with Crippen LogP contribution in [0.5, 0.6) is 5.75 Å². The van der Waals surface area contributed by atoms with Crippen molar-refractivity contribution >= 4 is 17.2 Å². The van der Waals surface area contributed by atoms with Crippen LogP contribution in [0.3, 0.4) is 0 Å². The number of aromatic hydroxyl groups is 1. The van der Waals surface area contributed by atoms with Crippen molar-refractivity contribution in [3.63, 3.8) is 0 Å². The molecule has 3 rings (SSSR count). The van der Waals surface area contributed by atoms with Crippen molar-refractivity contribution in [1.29, 1.82) is 0 Å². The second kappa shape index (κ2) is 8.62. The van der Waals surface area contributed by atoms with Crippen molar-refractivity contribution < 1.29 is 15.0 Å². The highest BCUT2D eigenvalue weighted by atomic mass is 32.1. The van der Waals surface area contributed by atoms with E-state index in [1.165, 1.54) is 11.3 Å². The Balaban J connectivity index is 1.59. The van der Waals surface area contributed by atoms with E-state index in [1.54, 1.807) is 13.1 Å². The zero-order chi connectivity index (χ0) is 18.5. The standard InChI is InChI=1S/C19H25N3O3S/c1-13-18(24)17(16(11-23)8-20-13)10-22-5-2-3-14(9-22)7-21-19(25)15-4-6-26-12-15/h4,6,8,12,14,23-24H,2-3,5,7,9-11H2,1H3,(H,21,25). The Morgan fingerprint density at radius 1 is 1.50 bits per heavy atom. The number of rotatable bonds is 6. The number of pyridine rings is 1. The molecule has 1 aliphatic rings. The number of carbonyl (C=O) groups is 1. The molecule has 0 spiro atoms. The van der Waals surface area contributed by atoms with Gasteiger partial charge in [-0.25, -0.2) is 0 Å². The number of thiophene rings is 1. The van der Waals surface area contributed by atoms with E-state index in [0.29, 0.717) is 35.8 Å². The second-order valence-corrected chi connectivity index (χ2v) is 7.60. The summed E-state index contributed by atoms with van der Waals surface area (Å²) in [5.74, 6) is 0.534. The molecule has 0 radical (unpaired) electrons. The van der Waals surface area contributed by atoms with Gasteiger partial charge < -0.3 is 15.5 Å². The highest BCUT2D eigenvalue weighted by molar-refractivity contribution is 7.08. The van der Waals surface area contributed by atoms with E-state index in [9.17, 15) is 15.0 Å². The van der Waals surface area contributed by atoms with Crippen molar-refractivity contribution in [2.24, 2.45) is 5.92 Å². The molecule has 1 aliphatic heterocycles. The number of piperidine rings is 1. The quantitative estimate of drug-likeness (QED) is 0.721. The summed E-state index contributed by atoms with van der Waals surface area (Å²) < 4.78 is 0. The van der Waals surface area contributed by atoms with Crippen molar-refractivity contribution in [3.05, 3.63) is 45.4 Å². The van der Waals surface area contributed by atoms with Gasteiger partial charge in [0.05, 0.1) is 12.3 Å². The normalized spacial score (nSPS) is 18.0. The molecule has 26 heavy (non-hydrogen) atoms. The maximum absolute atomic E-state index is 12.1. The molecule has 2 aromatic rings. The van der Waals surface area contributed by atoms with Crippen LogP contribution in [0.2, 0.25) is 0 Å². The van der Waals surface area contributed by atoms with Crippen LogP contribution in [-0.2, 0) is 13.2 Å². The molecule has 1 atom stereocenters. The van der Waals surface area contributed by atoms with Crippen LogP contribution >= 0.6 is 11.3 Å². The second-order valence-electron chi connectivity index (χ2n) is 6.82. The Morgan fingerprint density at radius 3 is 3.08 bits per heavy atom. The van der Waals surface area contributed by atoms with E-state index in [-0.39, 0.29) is 18.3 Å². The number of carbonyl (C=O) groups excluding carboxylic acids is 1. The highest BCUT2D eigenvalue weighted by Crippen LogP contribution is 2.27. The number of nitrogens with one attached hydrogen (secondary N) is 1. The summed E-state index contributed by atoms with van der Waals surface area (Å²) in [5.41, 5.74) is 2.71. The maximum Gasteiger partial charge on any atom is 0.252 e. The van der Waals surface area contributed by atoms with E-state index in [2.05, 4.69) is 15.2 Å². The summed E-state index contributed by atoms with van der Waals surface area (Å²) in [6.07, 6.45) is 3.76. The summed E-state index contributed by atoms with van der Waals surface area (Å²) >= 11 is 1.52. The third-order valence-corrected chi connectivity index (χ3v) is 5.60. The van der Waals surface area contributed by atoms with E-state index in [1.807, 2.05) is 16.8 Å². The molecule has 1 unspecified atom stereocenters. The average molecular weight is 375 g/mol. The van der Waals surface area contributed by atoms with Gasteiger partial charge in [0.25, 0.3) is 5.91 Å². The zero-order valence-corrected chi connectivity index (χ0v) is 15.8. The molecule has 0 aromatic carbocycles. The van der Waals surface area contributed by atoms with Crippen LogP contribution in [0, 0.1) is 12.8 Å². The topological polar surface area (TPSA) is 85.7 Å². The Labute approximate surface area is 157 Å². The fourth-order valence-corrected chi connectivity index (χ4v) is 4.05. The van der Waals surface area contributed by atoms with Gasteiger partial charge in [0, 0.05) is 47.9 Å². The van der Waals surface area contributed by atoms with E-state index in [0.717, 1.165) is 31.5 Å². The minimum atomic E-state index is -0.135. The van der Waals surface area contributed by atoms with Gasteiger partial charge in [-0.3, -0.25) is 14.7 Å². The van der Waals surface area contributed by atoms with Crippen LogP contribution in [0.1, 0.15) is 40.0 Å². The number of aliphatic hydroxyl groups excluding tert-OH is 1. The Hall–Kier alpha value is -1.96. The van der Waals surface area contributed by atoms with Crippen molar-refractivity contribution in [3.8, 4) is 5.75 Å². The first kappa shape index (κ1) is 18.8. The molecule has 3 heterocycles. The van der Waals surface area contributed by atoms with Crippen LogP contribution in [0.15, 0.2) is 23.0 Å². The molecule has 2 aromatic heterocycles. The van der Waals surface area contributed by atoms with E-state index >= 15 is 0 Å². The number of aliphatic hydroxyl groups is 1. The van der Waals surface area contributed by atoms with Gasteiger partial charge in [0.2, 0.25) is 0 Å². The fourth-order valence-electron chi connectivity index (χ4n) is 3.41. The van der Waals surface area contributed by atoms with E-state index < -0.39 is 0 Å². The lowest BCUT2D eigenvalue weighted by Gasteiger charge is -2.33. The molecule has 3 N–H and O–H groups in total. The highest BCUT2D eigenvalue weighted by Gasteiger charge is 2.23. The smallest absolute Gasteiger partial charge is 0.252 e. The van der Waals surface area contributed by atoms with Gasteiger partial charge in [-0.1, -0.05) is 0 Å². The van der Waals surface area contributed by atoms with Crippen LogP contribution in [0.4, 0.5) is 0 Å². The van der Waals surface area contributed by atoms with Crippen LogP contribution < -0.4 is 5.32 Å². The largest absolute Gasteiger partial charge is 0.506 e. The summed E-state index contributed by atoms with van der Waals surface area (Å²) in [4.78, 5) is 18.5. The molecule has 0 aliphatic carbocycles. The predicted octanol–water partition coefficient (Wildman–Crippen LogP) is 2.29. The van der Waals surface area contributed by atoms with Crippen LogP contribution in [0.25, 0.3) is 0 Å². The van der Waals surface area contributed by atoms with Gasteiger partial charge in [-0.15, -0.1) is 0 Å². The first-order chi connectivity index (χ1) is 12.6. The van der Waals surface area contributed by atoms with Gasteiger partial charge >= 0.3 is 0 Å². The lowest BCUT2D eigenvalue weighted by Crippen LogP contribution is -2.40. The SMILES string of the molecule is Cc1ncc(CO)c(CN2CCCC(CNC(=O)c3ccsc3)C2)c1O. The first-order valence-electron chi connectivity index (χ1n) is 8.88. The van der Waals surface area contributed by atoms with Crippen molar-refractivity contribution in [2.75, 3.05) is 19.6 Å². The molecule has 1 fully saturated rings. The first-order valence-corrected chi connectivity index (χ1v) is 9.82.